The number of nitrogens with one attached hydrogen (secondary N) is 2. The number of nitrogens with zero attached hydrogens (tertiary/aromatic N) is 4. The maximum Gasteiger partial charge on any atom is 0.329 e. The van der Waals surface area contributed by atoms with Crippen LogP contribution in [-0.4, -0.2) is 132 Å². The van der Waals surface area contributed by atoms with Crippen LogP contribution < -0.4 is 29.6 Å². The number of amides is 2. The highest BCUT2D eigenvalue weighted by Crippen LogP contribution is 2.25. The van der Waals surface area contributed by atoms with E-state index < -0.39 is 60.3 Å². The Hall–Kier alpha value is -5.76. The van der Waals surface area contributed by atoms with Gasteiger partial charge < -0.3 is 50.3 Å². The average molecular weight is 943 g/mol. The zero-order chi connectivity index (χ0) is 47.0. The first-order valence-electron chi connectivity index (χ1n) is 21.8. The molecule has 4 aromatic rings. The molecule has 66 heavy (non-hydrogen) atoms. The number of aromatic nitrogens is 2. The van der Waals surface area contributed by atoms with Crippen molar-refractivity contribution in [3.63, 3.8) is 0 Å². The molecule has 2 aliphatic heterocycles. The molecule has 6 unspecified atom stereocenters. The van der Waals surface area contributed by atoms with Gasteiger partial charge in [-0.05, 0) is 60.4 Å². The number of pyridine rings is 2. The van der Waals surface area contributed by atoms with E-state index in [1.54, 1.807) is 47.8 Å². The standard InChI is InChI=1S/C48H56N6O10S2/c1-3-63-47(61)39(49-45(59)29-51-21-17-35(18-22-51)7-5-33-9-13-37(14-10-33)53-25-41(55)42(56)26-53)31-65-66-32-40(48(62)64-4-2)50-46(60)30-52-23-19-36(20-24-52)8-6-34-11-15-38(16-12-34)54-27-43(57)44(58)28-54/h5-24,39-44,55-58H,3-4,25-32H2,1-2H3/p+2. The summed E-state index contributed by atoms with van der Waals surface area (Å²) in [6, 6.07) is 21.2. The lowest BCUT2D eigenvalue weighted by Crippen LogP contribution is -2.50. The van der Waals surface area contributed by atoms with Crippen molar-refractivity contribution in [3.8, 4) is 0 Å². The van der Waals surface area contributed by atoms with Crippen LogP contribution in [0.5, 0.6) is 0 Å². The van der Waals surface area contributed by atoms with Gasteiger partial charge in [0.1, 0.15) is 12.1 Å². The number of aliphatic hydroxyl groups excluding tert-OH is 4. The molecule has 6 rings (SSSR count). The van der Waals surface area contributed by atoms with Crippen molar-refractivity contribution in [2.45, 2.75) is 63.4 Å². The number of aliphatic hydroxyl groups is 4. The summed E-state index contributed by atoms with van der Waals surface area (Å²) in [5.41, 5.74) is 5.64. The molecule has 0 radical (unpaired) electrons. The second kappa shape index (κ2) is 24.7. The summed E-state index contributed by atoms with van der Waals surface area (Å²) in [6.07, 6.45) is 11.9. The lowest BCUT2D eigenvalue weighted by Gasteiger charge is -2.18. The van der Waals surface area contributed by atoms with Gasteiger partial charge in [-0.2, -0.15) is 9.13 Å². The SMILES string of the molecule is CCOC(=O)C(CSSCC(NC(=O)C[n+]1ccc(C=Cc2ccc(N3CC(O)C(O)C3)cc2)cc1)C(=O)OCC)NC(=O)C[n+]1ccc(C=Cc2ccc(N3CC(O)C(O)C3)cc2)cc1. The second-order valence-corrected chi connectivity index (χ2v) is 18.4. The first kappa shape index (κ1) is 49.7. The normalized spacial score (nSPS) is 19.2. The lowest BCUT2D eigenvalue weighted by molar-refractivity contribution is -0.684. The van der Waals surface area contributed by atoms with E-state index in [0.29, 0.717) is 26.2 Å². The molecule has 0 spiro atoms. The van der Waals surface area contributed by atoms with Gasteiger partial charge >= 0.3 is 11.9 Å². The van der Waals surface area contributed by atoms with Gasteiger partial charge in [0.15, 0.2) is 24.8 Å². The number of hydrogen-bond donors (Lipinski definition) is 6. The largest absolute Gasteiger partial charge is 0.464 e. The number of benzene rings is 2. The molecule has 0 saturated carbocycles. The summed E-state index contributed by atoms with van der Waals surface area (Å²) >= 11 is 0. The van der Waals surface area contributed by atoms with Crippen LogP contribution in [0, 0.1) is 0 Å². The molecular weight excluding hydrogens is 885 g/mol. The molecule has 18 heteroatoms. The van der Waals surface area contributed by atoms with Gasteiger partial charge in [-0.3, -0.25) is 9.59 Å². The molecule has 2 fully saturated rings. The first-order valence-corrected chi connectivity index (χ1v) is 24.3. The fourth-order valence-corrected chi connectivity index (χ4v) is 9.47. The number of esters is 2. The van der Waals surface area contributed by atoms with E-state index in [4.69, 9.17) is 9.47 Å². The lowest BCUT2D eigenvalue weighted by atomic mass is 10.1. The summed E-state index contributed by atoms with van der Waals surface area (Å²) in [5, 5.41) is 44.9. The minimum Gasteiger partial charge on any atom is -0.464 e. The van der Waals surface area contributed by atoms with E-state index in [1.165, 1.54) is 21.6 Å². The Labute approximate surface area is 392 Å². The maximum atomic E-state index is 13.1. The van der Waals surface area contributed by atoms with E-state index in [9.17, 15) is 39.6 Å². The third-order valence-electron chi connectivity index (χ3n) is 10.8. The number of carbonyl (C=O) groups is 4. The van der Waals surface area contributed by atoms with Crippen molar-refractivity contribution in [1.29, 1.82) is 0 Å². The van der Waals surface area contributed by atoms with Crippen molar-refractivity contribution in [3.05, 3.63) is 120 Å². The molecule has 0 bridgehead atoms. The van der Waals surface area contributed by atoms with Gasteiger partial charge in [0.2, 0.25) is 13.1 Å². The molecular formula is C48H58N6O10S2+2. The molecule has 4 heterocycles. The highest BCUT2D eigenvalue weighted by atomic mass is 33.1. The van der Waals surface area contributed by atoms with E-state index in [-0.39, 0.29) is 37.8 Å². The predicted molar refractivity (Wildman–Crippen MR) is 255 cm³/mol. The van der Waals surface area contributed by atoms with Gasteiger partial charge in [-0.25, -0.2) is 9.59 Å². The Kier molecular flexibility index (Phi) is 18.6. The third kappa shape index (κ3) is 14.9. The number of ether oxygens (including phenoxy) is 2. The van der Waals surface area contributed by atoms with E-state index in [2.05, 4.69) is 10.6 Å². The Morgan fingerprint density at radius 2 is 0.864 bits per heavy atom. The monoisotopic (exact) mass is 942 g/mol. The van der Waals surface area contributed by atoms with Crippen LogP contribution >= 0.6 is 21.6 Å². The number of anilines is 2. The number of carbonyl (C=O) groups excluding carboxylic acids is 4. The van der Waals surface area contributed by atoms with Crippen LogP contribution in [0.4, 0.5) is 11.4 Å². The molecule has 16 nitrogen and oxygen atoms in total. The minimum atomic E-state index is -0.957. The molecule has 2 saturated heterocycles. The first-order chi connectivity index (χ1) is 31.9. The highest BCUT2D eigenvalue weighted by Gasteiger charge is 2.31. The molecule has 6 atom stereocenters. The van der Waals surface area contributed by atoms with Gasteiger partial charge in [0.05, 0.1) is 37.6 Å². The summed E-state index contributed by atoms with van der Waals surface area (Å²) in [4.78, 5) is 55.8. The Morgan fingerprint density at radius 3 is 1.17 bits per heavy atom. The number of rotatable bonds is 21. The molecule has 2 amide bonds. The van der Waals surface area contributed by atoms with Crippen molar-refractivity contribution >= 4 is 81.0 Å². The van der Waals surface area contributed by atoms with Gasteiger partial charge in [0.25, 0.3) is 11.8 Å². The van der Waals surface area contributed by atoms with Gasteiger partial charge in [0, 0.05) is 73.3 Å². The maximum absolute atomic E-state index is 13.1. The van der Waals surface area contributed by atoms with Crippen molar-refractivity contribution < 1.29 is 58.2 Å². The summed E-state index contributed by atoms with van der Waals surface area (Å²) in [6.45, 7) is 5.11. The van der Waals surface area contributed by atoms with Crippen LogP contribution in [0.2, 0.25) is 0 Å². The molecule has 2 aromatic heterocycles. The Morgan fingerprint density at radius 1 is 0.561 bits per heavy atom. The van der Waals surface area contributed by atoms with Crippen molar-refractivity contribution in [2.24, 2.45) is 0 Å². The zero-order valence-electron chi connectivity index (χ0n) is 36.9. The van der Waals surface area contributed by atoms with Gasteiger partial charge in [-0.1, -0.05) is 70.2 Å². The zero-order valence-corrected chi connectivity index (χ0v) is 38.6. The second-order valence-electron chi connectivity index (χ2n) is 15.9. The molecule has 2 aromatic carbocycles. The summed E-state index contributed by atoms with van der Waals surface area (Å²) in [5.74, 6) is -1.66. The molecule has 0 aliphatic carbocycles. The Balaban J connectivity index is 0.939. The quantitative estimate of drug-likeness (QED) is 0.0306. The summed E-state index contributed by atoms with van der Waals surface area (Å²) in [7, 11) is 2.51. The van der Waals surface area contributed by atoms with Crippen LogP contribution in [0.15, 0.2) is 97.6 Å². The fourth-order valence-electron chi connectivity index (χ4n) is 7.18. The van der Waals surface area contributed by atoms with E-state index in [0.717, 1.165) is 33.6 Å². The molecule has 2 aliphatic rings. The third-order valence-corrected chi connectivity index (χ3v) is 13.2. The smallest absolute Gasteiger partial charge is 0.329 e. The Bertz CT molecular complexity index is 2100. The summed E-state index contributed by atoms with van der Waals surface area (Å²) < 4.78 is 13.9. The minimum absolute atomic E-state index is 0.0397. The average Bonchev–Trinajstić information content (AvgIpc) is 3.84. The van der Waals surface area contributed by atoms with Crippen LogP contribution in [-0.2, 0) is 41.7 Å². The van der Waals surface area contributed by atoms with E-state index in [1.807, 2.05) is 107 Å². The van der Waals surface area contributed by atoms with Crippen molar-refractivity contribution in [2.75, 3.05) is 60.7 Å². The van der Waals surface area contributed by atoms with Crippen LogP contribution in [0.25, 0.3) is 24.3 Å². The predicted octanol–water partition coefficient (Wildman–Crippen LogP) is 1.86. The van der Waals surface area contributed by atoms with Crippen LogP contribution in [0.1, 0.15) is 36.1 Å². The highest BCUT2D eigenvalue weighted by molar-refractivity contribution is 8.76. The van der Waals surface area contributed by atoms with Crippen molar-refractivity contribution in [1.82, 2.24) is 10.6 Å². The topological polar surface area (TPSA) is 206 Å². The molecule has 6 N–H and O–H groups in total. The number of β-amino-alcohol motifs (C(OH)–C–C–N with tert-alkyl or cyclic N) is 4. The number of hydrogen-bond acceptors (Lipinski definition) is 14. The van der Waals surface area contributed by atoms with Gasteiger partial charge in [-0.15, -0.1) is 0 Å². The molecule has 350 valence electrons. The fraction of sp³-hybridized carbons (Fsp3) is 0.375. The van der Waals surface area contributed by atoms with E-state index >= 15 is 0 Å². The van der Waals surface area contributed by atoms with Crippen LogP contribution in [0.3, 0.4) is 0 Å².